The van der Waals surface area contributed by atoms with E-state index in [1.165, 1.54) is 5.56 Å². The topological polar surface area (TPSA) is 94.6 Å². The maximum atomic E-state index is 10.7. The molecule has 0 N–H and O–H groups in total. The molecule has 0 unspecified atom stereocenters. The van der Waals surface area contributed by atoms with E-state index in [2.05, 4.69) is 36.2 Å². The van der Waals surface area contributed by atoms with Crippen LogP contribution in [0.2, 0.25) is 0 Å². The first-order chi connectivity index (χ1) is 12.0. The van der Waals surface area contributed by atoms with Crippen molar-refractivity contribution >= 4 is 27.6 Å². The fourth-order valence-corrected chi connectivity index (χ4v) is 2.44. The van der Waals surface area contributed by atoms with Gasteiger partial charge in [0.1, 0.15) is 5.75 Å². The average Bonchev–Trinajstić information content (AvgIpc) is 2.56. The molecule has 0 fully saturated rings. The molecule has 0 radical (unpaired) electrons. The zero-order valence-electron chi connectivity index (χ0n) is 13.5. The second-order valence-electron chi connectivity index (χ2n) is 4.75. The van der Waals surface area contributed by atoms with Gasteiger partial charge in [0.25, 0.3) is 0 Å². The maximum absolute atomic E-state index is 10.7. The van der Waals surface area contributed by atoms with Gasteiger partial charge in [-0.1, -0.05) is 29.5 Å². The van der Waals surface area contributed by atoms with Crippen LogP contribution >= 0.6 is 11.8 Å². The zero-order valence-corrected chi connectivity index (χ0v) is 15.2. The van der Waals surface area contributed by atoms with Crippen molar-refractivity contribution in [2.24, 2.45) is 0 Å². The lowest BCUT2D eigenvalue weighted by Gasteiger charge is -2.08. The number of hydrogen-bond donors (Lipinski definition) is 0. The third kappa shape index (κ3) is 6.55. The number of diazo groups is 1. The van der Waals surface area contributed by atoms with Crippen LogP contribution in [0.15, 0.2) is 52.3 Å². The summed E-state index contributed by atoms with van der Waals surface area (Å²) in [5, 5.41) is 8.73. The molecule has 0 heterocycles. The molecule has 0 spiro atoms. The quantitative estimate of drug-likeness (QED) is 0.417. The molecule has 0 aromatic heterocycles. The van der Waals surface area contributed by atoms with E-state index in [9.17, 15) is 13.2 Å². The summed E-state index contributed by atoms with van der Waals surface area (Å²) < 4.78 is 64.2. The monoisotopic (exact) mass is 406 g/mol. The number of halogens is 3. The molecule has 0 saturated heterocycles. The Bertz CT molecular complexity index is 893. The van der Waals surface area contributed by atoms with Crippen LogP contribution in [0, 0.1) is 12.3 Å². The molecule has 26 heavy (non-hydrogen) atoms. The first-order valence-electron chi connectivity index (χ1n) is 6.77. The maximum Gasteiger partial charge on any atom is 0.485 e. The molecule has 0 aliphatic carbocycles. The Labute approximate surface area is 152 Å². The van der Waals surface area contributed by atoms with Crippen molar-refractivity contribution in [3.63, 3.8) is 0 Å². The summed E-state index contributed by atoms with van der Waals surface area (Å²) in [6.45, 7) is 2.06. The highest BCUT2D eigenvalue weighted by Gasteiger charge is 2.36. The van der Waals surface area contributed by atoms with Crippen LogP contribution in [0.4, 0.5) is 18.9 Å². The summed E-state index contributed by atoms with van der Waals surface area (Å²) in [5.41, 5.74) is -3.92. The van der Waals surface area contributed by atoms with E-state index >= 15 is 0 Å². The van der Waals surface area contributed by atoms with Crippen molar-refractivity contribution in [2.75, 3.05) is 7.11 Å². The minimum absolute atomic E-state index is 0.486. The third-order valence-corrected chi connectivity index (χ3v) is 4.43. The lowest BCUT2D eigenvalue weighted by atomic mass is 10.2. The van der Waals surface area contributed by atoms with Gasteiger partial charge >= 0.3 is 11.2 Å². The van der Waals surface area contributed by atoms with Crippen LogP contribution in [0.3, 0.4) is 0 Å². The van der Waals surface area contributed by atoms with Crippen molar-refractivity contribution in [3.05, 3.63) is 53.0 Å². The molecule has 2 aromatic carbocycles. The highest BCUT2D eigenvalue weighted by molar-refractivity contribution is 7.99. The molecule has 6 nitrogen and oxygen atoms in total. The van der Waals surface area contributed by atoms with Crippen LogP contribution in [0.5, 0.6) is 5.75 Å². The van der Waals surface area contributed by atoms with E-state index in [4.69, 9.17) is 23.1 Å². The zero-order chi connectivity index (χ0) is 20.0. The molecule has 0 aliphatic heterocycles. The van der Waals surface area contributed by atoms with Gasteiger partial charge in [0, 0.05) is 11.0 Å². The molecule has 0 aliphatic rings. The van der Waals surface area contributed by atoms with Gasteiger partial charge in [0.2, 0.25) is 5.39 Å². The molecule has 0 amide bonds. The Morgan fingerprint density at radius 3 is 2.12 bits per heavy atom. The van der Waals surface area contributed by atoms with Crippen molar-refractivity contribution in [1.29, 1.82) is 5.39 Å². The fraction of sp³-hybridized carbons (Fsp3) is 0.200. The van der Waals surface area contributed by atoms with Crippen molar-refractivity contribution < 1.29 is 30.9 Å². The first kappa shape index (κ1) is 21.8. The number of rotatable bonds is 3. The van der Waals surface area contributed by atoms with Crippen LogP contribution in [-0.2, 0) is 10.1 Å². The molecule has 0 atom stereocenters. The van der Waals surface area contributed by atoms with E-state index in [0.717, 1.165) is 9.79 Å². The normalized spacial score (nSPS) is 11.1. The number of aryl methyl sites for hydroxylation is 1. The number of benzene rings is 2. The standard InChI is InChI=1S/C14H13N2OS.CHF3O3S/c1-10-3-6-12(7-4-10)18-14-8-5-11(16-15)9-13(14)17-2;2-1(3,4)8(5,6)7/h3-9H,1-2H3;(H,5,6,7)/q+1;/p-1. The Kier molecular flexibility index (Phi) is 7.43. The van der Waals surface area contributed by atoms with Crippen LogP contribution < -0.4 is 4.74 Å². The number of methoxy groups -OCH3 is 1. The predicted octanol–water partition coefficient (Wildman–Crippen LogP) is 4.69. The molecule has 0 saturated carbocycles. The van der Waals surface area contributed by atoms with Crippen LogP contribution in [0.25, 0.3) is 4.98 Å². The lowest BCUT2D eigenvalue weighted by Crippen LogP contribution is -2.21. The second kappa shape index (κ2) is 8.88. The van der Waals surface area contributed by atoms with Crippen LogP contribution in [-0.4, -0.2) is 25.6 Å². The summed E-state index contributed by atoms with van der Waals surface area (Å²) >= 11 is 1.62. The molecule has 11 heteroatoms. The number of ether oxygens (including phenoxy) is 1. The van der Waals surface area contributed by atoms with Crippen LogP contribution in [0.1, 0.15) is 5.56 Å². The average molecular weight is 406 g/mol. The van der Waals surface area contributed by atoms with Gasteiger partial charge in [0.05, 0.1) is 18.1 Å². The minimum Gasteiger partial charge on any atom is -0.741 e. The highest BCUT2D eigenvalue weighted by atomic mass is 32.2. The summed E-state index contributed by atoms with van der Waals surface area (Å²) in [6, 6.07) is 13.6. The largest absolute Gasteiger partial charge is 0.741 e. The number of alkyl halides is 3. The fourth-order valence-electron chi connectivity index (χ4n) is 1.54. The molecule has 2 rings (SSSR count). The van der Waals surface area contributed by atoms with E-state index in [-0.39, 0.29) is 0 Å². The number of nitrogens with zero attached hydrogens (tertiary/aromatic N) is 2. The summed E-state index contributed by atoms with van der Waals surface area (Å²) in [4.78, 5) is 5.29. The second-order valence-corrected chi connectivity index (χ2v) is 7.24. The van der Waals surface area contributed by atoms with E-state index in [0.29, 0.717) is 11.4 Å². The van der Waals surface area contributed by atoms with Crippen molar-refractivity contribution in [2.45, 2.75) is 22.2 Å². The summed E-state index contributed by atoms with van der Waals surface area (Å²) in [5.74, 6) is 0.705. The van der Waals surface area contributed by atoms with E-state index < -0.39 is 15.6 Å². The van der Waals surface area contributed by atoms with Gasteiger partial charge in [0.15, 0.2) is 15.1 Å². The smallest absolute Gasteiger partial charge is 0.485 e. The van der Waals surface area contributed by atoms with Gasteiger partial charge in [-0.15, -0.1) is 0 Å². The molecule has 140 valence electrons. The molecular formula is C15H13F3N2O4S2. The Morgan fingerprint density at radius 1 is 1.15 bits per heavy atom. The summed E-state index contributed by atoms with van der Waals surface area (Å²) in [6.07, 6.45) is 0. The van der Waals surface area contributed by atoms with Gasteiger partial charge in [-0.05, 0) is 25.1 Å². The molecule has 0 bridgehead atoms. The van der Waals surface area contributed by atoms with Crippen molar-refractivity contribution in [1.82, 2.24) is 0 Å². The van der Waals surface area contributed by atoms with E-state index in [1.807, 2.05) is 6.07 Å². The Morgan fingerprint density at radius 2 is 1.69 bits per heavy atom. The van der Waals surface area contributed by atoms with E-state index in [1.54, 1.807) is 31.0 Å². The molecule has 2 aromatic rings. The Balaban J connectivity index is 0.000000359. The van der Waals surface area contributed by atoms with Gasteiger partial charge in [-0.25, -0.2) is 8.42 Å². The van der Waals surface area contributed by atoms with Gasteiger partial charge in [-0.3, -0.25) is 0 Å². The van der Waals surface area contributed by atoms with Gasteiger partial charge in [-0.2, -0.15) is 13.2 Å². The number of hydrogen-bond acceptors (Lipinski definition) is 6. The lowest BCUT2D eigenvalue weighted by molar-refractivity contribution is -0.0517. The Hall–Kier alpha value is -2.29. The highest BCUT2D eigenvalue weighted by Crippen LogP contribution is 2.37. The third-order valence-electron chi connectivity index (χ3n) is 2.79. The SMILES string of the molecule is COc1cc([N+]#N)ccc1Sc1ccc(C)cc1.O=S(=O)([O-])C(F)(F)F. The van der Waals surface area contributed by atoms with Crippen molar-refractivity contribution in [3.8, 4) is 5.75 Å². The van der Waals surface area contributed by atoms with Gasteiger partial charge < -0.3 is 9.29 Å². The first-order valence-corrected chi connectivity index (χ1v) is 9.00. The minimum atomic E-state index is -6.09. The predicted molar refractivity (Wildman–Crippen MR) is 88.8 cm³/mol. The molecular weight excluding hydrogens is 393 g/mol. The summed E-state index contributed by atoms with van der Waals surface area (Å²) in [7, 11) is -4.48.